The Bertz CT molecular complexity index is 559. The molecule has 2 nitrogen and oxygen atoms in total. The van der Waals surface area contributed by atoms with Crippen LogP contribution < -0.4 is 0 Å². The van der Waals surface area contributed by atoms with Gasteiger partial charge in [-0.25, -0.2) is 0 Å². The van der Waals surface area contributed by atoms with E-state index in [2.05, 4.69) is 15.9 Å². The van der Waals surface area contributed by atoms with Crippen molar-refractivity contribution in [1.29, 1.82) is 0 Å². The van der Waals surface area contributed by atoms with Gasteiger partial charge >= 0.3 is 0 Å². The van der Waals surface area contributed by atoms with Crippen LogP contribution in [-0.2, 0) is 21.1 Å². The van der Waals surface area contributed by atoms with Gasteiger partial charge in [0.2, 0.25) is 0 Å². The first-order chi connectivity index (χ1) is 9.00. The molecule has 2 aromatic carbocycles. The van der Waals surface area contributed by atoms with Gasteiger partial charge in [0, 0.05) is 5.56 Å². The van der Waals surface area contributed by atoms with E-state index in [1.54, 1.807) is 18.2 Å². The summed E-state index contributed by atoms with van der Waals surface area (Å²) in [7, 11) is 0. The van der Waals surface area contributed by atoms with E-state index in [9.17, 15) is 5.11 Å². The van der Waals surface area contributed by atoms with Crippen LogP contribution >= 0.6 is 39.1 Å². The standard InChI is InChI=1S/C14H10BrCl2O2/c15-14(18,11-7-4-8-12(16)13(11)17)19-9-10-5-2-1-3-6-10/h1-8H,9H2. The lowest BCUT2D eigenvalue weighted by molar-refractivity contribution is -0.179. The van der Waals surface area contributed by atoms with Crippen molar-refractivity contribution in [3.63, 3.8) is 0 Å². The number of rotatable bonds is 4. The number of hydrogen-bond donors (Lipinski definition) is 0. The van der Waals surface area contributed by atoms with E-state index in [0.29, 0.717) is 5.02 Å². The van der Waals surface area contributed by atoms with Crippen molar-refractivity contribution in [2.45, 2.75) is 11.3 Å². The quantitative estimate of drug-likeness (QED) is 0.547. The Morgan fingerprint density at radius 3 is 2.42 bits per heavy atom. The first-order valence-corrected chi connectivity index (χ1v) is 7.07. The van der Waals surface area contributed by atoms with Crippen LogP contribution in [0.15, 0.2) is 48.5 Å². The van der Waals surface area contributed by atoms with Gasteiger partial charge in [-0.15, -0.1) is 0 Å². The Morgan fingerprint density at radius 1 is 1.05 bits per heavy atom. The number of halogens is 3. The molecule has 0 bridgehead atoms. The monoisotopic (exact) mass is 359 g/mol. The van der Waals surface area contributed by atoms with Crippen molar-refractivity contribution in [3.8, 4) is 0 Å². The normalized spacial score (nSPS) is 14.1. The minimum Gasteiger partial charge on any atom is -0.330 e. The number of alkyl halides is 1. The highest BCUT2D eigenvalue weighted by molar-refractivity contribution is 9.09. The third-order valence-corrected chi connectivity index (χ3v) is 4.02. The molecule has 0 saturated carbocycles. The molecule has 2 aromatic rings. The molecule has 2 rings (SSSR count). The maximum Gasteiger partial charge on any atom is 0.286 e. The Labute approximate surface area is 130 Å². The van der Waals surface area contributed by atoms with Crippen LogP contribution in [0.3, 0.4) is 0 Å². The zero-order valence-corrected chi connectivity index (χ0v) is 12.9. The molecule has 1 radical (unpaired) electrons. The summed E-state index contributed by atoms with van der Waals surface area (Å²) >= 11 is 14.9. The summed E-state index contributed by atoms with van der Waals surface area (Å²) in [6.45, 7) is 0.179. The average molecular weight is 361 g/mol. The second-order valence-corrected chi connectivity index (χ2v) is 5.74. The summed E-state index contributed by atoms with van der Waals surface area (Å²) in [5, 5.41) is 12.9. The first kappa shape index (κ1) is 14.8. The Balaban J connectivity index is 2.16. The molecule has 5 heteroatoms. The van der Waals surface area contributed by atoms with Gasteiger partial charge in [-0.3, -0.25) is 0 Å². The van der Waals surface area contributed by atoms with Gasteiger partial charge in [-0.05, 0) is 27.6 Å². The van der Waals surface area contributed by atoms with E-state index in [-0.39, 0.29) is 17.2 Å². The lowest BCUT2D eigenvalue weighted by atomic mass is 10.2. The molecule has 0 heterocycles. The average Bonchev–Trinajstić information content (AvgIpc) is 2.41. The predicted octanol–water partition coefficient (Wildman–Crippen LogP) is 5.15. The van der Waals surface area contributed by atoms with Gasteiger partial charge in [0.1, 0.15) is 0 Å². The lowest BCUT2D eigenvalue weighted by Crippen LogP contribution is -2.20. The van der Waals surface area contributed by atoms with Crippen molar-refractivity contribution in [3.05, 3.63) is 69.7 Å². The van der Waals surface area contributed by atoms with Crippen LogP contribution in [-0.4, -0.2) is 0 Å². The van der Waals surface area contributed by atoms with Crippen LogP contribution in [0, 0.1) is 0 Å². The van der Waals surface area contributed by atoms with Gasteiger partial charge in [0.15, 0.2) is 0 Å². The molecule has 19 heavy (non-hydrogen) atoms. The topological polar surface area (TPSA) is 29.1 Å². The highest BCUT2D eigenvalue weighted by Crippen LogP contribution is 2.39. The largest absolute Gasteiger partial charge is 0.330 e. The van der Waals surface area contributed by atoms with Crippen LogP contribution in [0.4, 0.5) is 0 Å². The van der Waals surface area contributed by atoms with Crippen molar-refractivity contribution in [2.75, 3.05) is 0 Å². The van der Waals surface area contributed by atoms with Crippen molar-refractivity contribution in [2.24, 2.45) is 0 Å². The van der Waals surface area contributed by atoms with Crippen molar-refractivity contribution in [1.82, 2.24) is 0 Å². The molecular weight excluding hydrogens is 351 g/mol. The number of benzene rings is 2. The predicted molar refractivity (Wildman–Crippen MR) is 79.0 cm³/mol. The molecular formula is C14H10BrCl2O2. The maximum atomic E-state index is 12.4. The Hall–Kier alpha value is -0.580. The summed E-state index contributed by atoms with van der Waals surface area (Å²) in [5.74, 6) is 0. The molecule has 1 unspecified atom stereocenters. The molecule has 0 saturated heterocycles. The van der Waals surface area contributed by atoms with Crippen molar-refractivity contribution >= 4 is 39.1 Å². The zero-order chi connectivity index (χ0) is 13.9. The second-order valence-electron chi connectivity index (χ2n) is 3.91. The van der Waals surface area contributed by atoms with Crippen LogP contribution in [0.1, 0.15) is 11.1 Å². The van der Waals surface area contributed by atoms with E-state index in [0.717, 1.165) is 5.56 Å². The summed E-state index contributed by atoms with van der Waals surface area (Å²) in [5.41, 5.74) is 1.16. The van der Waals surface area contributed by atoms with Gasteiger partial charge in [-0.2, -0.15) is 5.11 Å². The Kier molecular flexibility index (Phi) is 4.87. The highest BCUT2D eigenvalue weighted by Gasteiger charge is 2.32. The third-order valence-electron chi connectivity index (χ3n) is 2.54. The van der Waals surface area contributed by atoms with Crippen molar-refractivity contribution < 1.29 is 9.84 Å². The fourth-order valence-electron chi connectivity index (χ4n) is 1.56. The third kappa shape index (κ3) is 3.71. The fourth-order valence-corrected chi connectivity index (χ4v) is 2.55. The van der Waals surface area contributed by atoms with E-state index < -0.39 is 4.70 Å². The summed E-state index contributed by atoms with van der Waals surface area (Å²) < 4.78 is 3.43. The zero-order valence-electron chi connectivity index (χ0n) is 9.78. The molecule has 0 N–H and O–H groups in total. The highest BCUT2D eigenvalue weighted by atomic mass is 79.9. The van der Waals surface area contributed by atoms with E-state index in [1.165, 1.54) is 0 Å². The van der Waals surface area contributed by atoms with Crippen LogP contribution in [0.25, 0.3) is 0 Å². The molecule has 0 aromatic heterocycles. The minimum absolute atomic E-state index is 0.179. The number of hydrogen-bond acceptors (Lipinski definition) is 1. The molecule has 0 aliphatic rings. The summed E-state index contributed by atoms with van der Waals surface area (Å²) in [6, 6.07) is 14.3. The van der Waals surface area contributed by atoms with Gasteiger partial charge < -0.3 is 4.74 Å². The van der Waals surface area contributed by atoms with Crippen LogP contribution in [0.5, 0.6) is 0 Å². The van der Waals surface area contributed by atoms with Gasteiger partial charge in [-0.1, -0.05) is 65.7 Å². The minimum atomic E-state index is -1.93. The van der Waals surface area contributed by atoms with E-state index in [1.807, 2.05) is 30.3 Å². The SMILES string of the molecule is [O]C(Br)(OCc1ccccc1)c1cccc(Cl)c1Cl. The molecule has 0 aliphatic carbocycles. The van der Waals surface area contributed by atoms with Gasteiger partial charge in [0.25, 0.3) is 4.70 Å². The molecule has 0 aliphatic heterocycles. The maximum absolute atomic E-state index is 12.4. The fraction of sp³-hybridized carbons (Fsp3) is 0.143. The summed E-state index contributed by atoms with van der Waals surface area (Å²) in [6.07, 6.45) is 0. The van der Waals surface area contributed by atoms with Gasteiger partial charge in [0.05, 0.1) is 16.7 Å². The molecule has 0 fully saturated rings. The second kappa shape index (κ2) is 6.25. The molecule has 1 atom stereocenters. The summed E-state index contributed by atoms with van der Waals surface area (Å²) in [4.78, 5) is 0. The Morgan fingerprint density at radius 2 is 1.74 bits per heavy atom. The lowest BCUT2D eigenvalue weighted by Gasteiger charge is -2.21. The van der Waals surface area contributed by atoms with E-state index in [4.69, 9.17) is 27.9 Å². The molecule has 99 valence electrons. The van der Waals surface area contributed by atoms with Crippen LogP contribution in [0.2, 0.25) is 10.0 Å². The van der Waals surface area contributed by atoms with E-state index >= 15 is 0 Å². The number of ether oxygens (including phenoxy) is 1. The molecule has 0 amide bonds. The smallest absolute Gasteiger partial charge is 0.286 e. The molecule has 0 spiro atoms. The first-order valence-electron chi connectivity index (χ1n) is 5.52.